The summed E-state index contributed by atoms with van der Waals surface area (Å²) in [6.45, 7) is 0. The molecule has 0 fully saturated rings. The number of hydrogen-bond donors (Lipinski definition) is 1. The maximum absolute atomic E-state index is 9.23. The van der Waals surface area contributed by atoms with Gasteiger partial charge in [0.05, 0.1) is 5.69 Å². The largest absolute Gasteiger partial charge is 0.454 e. The van der Waals surface area contributed by atoms with Gasteiger partial charge in [0.25, 0.3) is 0 Å². The van der Waals surface area contributed by atoms with E-state index in [-0.39, 0.29) is 0 Å². The lowest BCUT2D eigenvalue weighted by molar-refractivity contribution is 0.482. The Morgan fingerprint density at radius 3 is 2.74 bits per heavy atom. The Balaban J connectivity index is 2.44. The van der Waals surface area contributed by atoms with Crippen LogP contribution in [0.2, 0.25) is 5.02 Å². The number of ether oxygens (including phenoxy) is 1. The fourth-order valence-electron chi connectivity index (χ4n) is 1.59. The molecule has 3 nitrogen and oxygen atoms in total. The molecule has 0 spiro atoms. The van der Waals surface area contributed by atoms with Gasteiger partial charge < -0.3 is 10.5 Å². The Labute approximate surface area is 120 Å². The minimum absolute atomic E-state index is 0.447. The number of hydrogen-bond acceptors (Lipinski definition) is 4. The predicted molar refractivity (Wildman–Crippen MR) is 78.9 cm³/mol. The van der Waals surface area contributed by atoms with Gasteiger partial charge in [-0.2, -0.15) is 5.26 Å². The zero-order valence-electron chi connectivity index (χ0n) is 10.2. The number of nitrogens with two attached hydrogens (primary N) is 1. The maximum atomic E-state index is 9.23. The highest BCUT2D eigenvalue weighted by atomic mass is 35.5. The van der Waals surface area contributed by atoms with Crippen LogP contribution in [0.3, 0.4) is 0 Å². The zero-order chi connectivity index (χ0) is 13.8. The molecule has 0 saturated carbocycles. The maximum Gasteiger partial charge on any atom is 0.151 e. The molecule has 0 aliphatic heterocycles. The second-order valence-corrected chi connectivity index (χ2v) is 5.01. The minimum atomic E-state index is 0.447. The van der Waals surface area contributed by atoms with Gasteiger partial charge in [-0.25, -0.2) is 0 Å². The van der Waals surface area contributed by atoms with Crippen LogP contribution >= 0.6 is 23.4 Å². The lowest BCUT2D eigenvalue weighted by atomic mass is 10.2. The van der Waals surface area contributed by atoms with Crippen LogP contribution in [0.4, 0.5) is 5.69 Å². The summed E-state index contributed by atoms with van der Waals surface area (Å²) in [6.07, 6.45) is 1.91. The van der Waals surface area contributed by atoms with Crippen molar-refractivity contribution in [2.75, 3.05) is 12.0 Å². The molecule has 2 rings (SSSR count). The quantitative estimate of drug-likeness (QED) is 0.676. The van der Waals surface area contributed by atoms with Crippen molar-refractivity contribution in [3.63, 3.8) is 0 Å². The van der Waals surface area contributed by atoms with Gasteiger partial charge in [0.15, 0.2) is 5.75 Å². The number of benzene rings is 2. The summed E-state index contributed by atoms with van der Waals surface area (Å²) in [6, 6.07) is 12.6. The van der Waals surface area contributed by atoms with Crippen molar-refractivity contribution in [2.45, 2.75) is 4.90 Å². The SMILES string of the molecule is CSc1cccc(Oc2cc(Cl)ccc2N)c1C#N. The van der Waals surface area contributed by atoms with Gasteiger partial charge >= 0.3 is 0 Å². The zero-order valence-corrected chi connectivity index (χ0v) is 11.8. The monoisotopic (exact) mass is 290 g/mol. The smallest absolute Gasteiger partial charge is 0.151 e. The molecule has 2 N–H and O–H groups in total. The Bertz CT molecular complexity index is 652. The fraction of sp³-hybridized carbons (Fsp3) is 0.0714. The van der Waals surface area contributed by atoms with E-state index in [9.17, 15) is 5.26 Å². The topological polar surface area (TPSA) is 59.0 Å². The summed E-state index contributed by atoms with van der Waals surface area (Å²) in [5, 5.41) is 9.76. The van der Waals surface area contributed by atoms with Crippen molar-refractivity contribution < 1.29 is 4.74 Å². The summed E-state index contributed by atoms with van der Waals surface area (Å²) in [5.41, 5.74) is 6.80. The van der Waals surface area contributed by atoms with Crippen LogP contribution in [-0.2, 0) is 0 Å². The van der Waals surface area contributed by atoms with E-state index in [4.69, 9.17) is 22.1 Å². The number of nitrogen functional groups attached to an aromatic ring is 1. The molecule has 0 aliphatic rings. The van der Waals surface area contributed by atoms with Crippen molar-refractivity contribution >= 4 is 29.1 Å². The van der Waals surface area contributed by atoms with Crippen molar-refractivity contribution in [2.24, 2.45) is 0 Å². The number of nitrogens with zero attached hydrogens (tertiary/aromatic N) is 1. The average Bonchev–Trinajstić information content (AvgIpc) is 2.42. The van der Waals surface area contributed by atoms with Crippen molar-refractivity contribution in [3.05, 3.63) is 47.0 Å². The van der Waals surface area contributed by atoms with Crippen LogP contribution in [0.25, 0.3) is 0 Å². The first-order chi connectivity index (χ1) is 9.15. The summed E-state index contributed by atoms with van der Waals surface area (Å²) >= 11 is 7.40. The number of nitriles is 1. The van der Waals surface area contributed by atoms with Gasteiger partial charge in [-0.05, 0) is 30.5 Å². The number of halogens is 1. The van der Waals surface area contributed by atoms with Gasteiger partial charge in [0, 0.05) is 16.0 Å². The predicted octanol–water partition coefficient (Wildman–Crippen LogP) is 4.31. The number of rotatable bonds is 3. The van der Waals surface area contributed by atoms with Crippen LogP contribution in [0.5, 0.6) is 11.5 Å². The van der Waals surface area contributed by atoms with Gasteiger partial charge in [-0.15, -0.1) is 11.8 Å². The van der Waals surface area contributed by atoms with E-state index in [1.165, 1.54) is 11.8 Å². The van der Waals surface area contributed by atoms with E-state index in [0.29, 0.717) is 27.8 Å². The minimum Gasteiger partial charge on any atom is -0.454 e. The number of thioether (sulfide) groups is 1. The van der Waals surface area contributed by atoms with E-state index in [1.54, 1.807) is 24.3 Å². The summed E-state index contributed by atoms with van der Waals surface area (Å²) in [7, 11) is 0. The average molecular weight is 291 g/mol. The second kappa shape index (κ2) is 5.87. The highest BCUT2D eigenvalue weighted by Gasteiger charge is 2.11. The van der Waals surface area contributed by atoms with Crippen LogP contribution in [0.1, 0.15) is 5.56 Å². The van der Waals surface area contributed by atoms with E-state index in [1.807, 2.05) is 18.4 Å². The molecule has 0 radical (unpaired) electrons. The third-order valence-electron chi connectivity index (χ3n) is 2.52. The van der Waals surface area contributed by atoms with E-state index in [0.717, 1.165) is 4.90 Å². The Morgan fingerprint density at radius 2 is 2.05 bits per heavy atom. The van der Waals surface area contributed by atoms with Crippen LogP contribution in [-0.4, -0.2) is 6.26 Å². The van der Waals surface area contributed by atoms with E-state index >= 15 is 0 Å². The molecular weight excluding hydrogens is 280 g/mol. The molecule has 0 bridgehead atoms. The summed E-state index contributed by atoms with van der Waals surface area (Å²) in [5.74, 6) is 0.922. The molecule has 0 unspecified atom stereocenters. The molecule has 2 aromatic carbocycles. The Hall–Kier alpha value is -1.83. The molecule has 2 aromatic rings. The third-order valence-corrected chi connectivity index (χ3v) is 3.53. The highest BCUT2D eigenvalue weighted by Crippen LogP contribution is 2.34. The lowest BCUT2D eigenvalue weighted by Crippen LogP contribution is -1.94. The van der Waals surface area contributed by atoms with Gasteiger partial charge in [0.1, 0.15) is 17.4 Å². The molecule has 96 valence electrons. The lowest BCUT2D eigenvalue weighted by Gasteiger charge is -2.11. The van der Waals surface area contributed by atoms with Crippen LogP contribution in [0.15, 0.2) is 41.3 Å². The van der Waals surface area contributed by atoms with E-state index in [2.05, 4.69) is 6.07 Å². The second-order valence-electron chi connectivity index (χ2n) is 3.73. The molecule has 0 heterocycles. The fourth-order valence-corrected chi connectivity index (χ4v) is 2.32. The molecule has 0 aromatic heterocycles. The molecule has 0 amide bonds. The first kappa shape index (κ1) is 13.6. The van der Waals surface area contributed by atoms with Crippen molar-refractivity contribution in [3.8, 4) is 17.6 Å². The summed E-state index contributed by atoms with van der Waals surface area (Å²) in [4.78, 5) is 0.862. The molecule has 0 atom stereocenters. The molecule has 0 saturated heterocycles. The molecule has 0 aliphatic carbocycles. The third kappa shape index (κ3) is 2.95. The van der Waals surface area contributed by atoms with Crippen molar-refractivity contribution in [1.82, 2.24) is 0 Å². The number of anilines is 1. The molecular formula is C14H11ClN2OS. The highest BCUT2D eigenvalue weighted by molar-refractivity contribution is 7.98. The summed E-state index contributed by atoms with van der Waals surface area (Å²) < 4.78 is 5.71. The Kier molecular flexibility index (Phi) is 4.20. The van der Waals surface area contributed by atoms with Gasteiger partial charge in [-0.1, -0.05) is 17.7 Å². The van der Waals surface area contributed by atoms with Crippen LogP contribution < -0.4 is 10.5 Å². The van der Waals surface area contributed by atoms with Crippen LogP contribution in [0, 0.1) is 11.3 Å². The van der Waals surface area contributed by atoms with Gasteiger partial charge in [-0.3, -0.25) is 0 Å². The first-order valence-corrected chi connectivity index (χ1v) is 7.06. The van der Waals surface area contributed by atoms with Gasteiger partial charge in [0.2, 0.25) is 0 Å². The molecule has 19 heavy (non-hydrogen) atoms. The van der Waals surface area contributed by atoms with E-state index < -0.39 is 0 Å². The normalized spacial score (nSPS) is 9.95. The first-order valence-electron chi connectivity index (χ1n) is 5.45. The standard InChI is InChI=1S/C14H11ClN2OS/c1-19-14-4-2-3-12(10(14)8-16)18-13-7-9(15)5-6-11(13)17/h2-7H,17H2,1H3. The molecule has 5 heteroatoms. The Morgan fingerprint density at radius 1 is 1.26 bits per heavy atom. The van der Waals surface area contributed by atoms with Crippen molar-refractivity contribution in [1.29, 1.82) is 5.26 Å².